The molecule has 1 aromatic rings. The fourth-order valence-electron chi connectivity index (χ4n) is 3.21. The quantitative estimate of drug-likeness (QED) is 0.762. The largest absolute Gasteiger partial charge is 0.494 e. The molecule has 0 unspecified atom stereocenters. The summed E-state index contributed by atoms with van der Waals surface area (Å²) in [5.41, 5.74) is -0.414. The van der Waals surface area contributed by atoms with E-state index in [-0.39, 0.29) is 18.2 Å². The van der Waals surface area contributed by atoms with Gasteiger partial charge in [-0.1, -0.05) is 6.07 Å². The minimum atomic E-state index is -0.662. The summed E-state index contributed by atoms with van der Waals surface area (Å²) in [7, 11) is -0.662. The molecule has 5 nitrogen and oxygen atoms in total. The highest BCUT2D eigenvalue weighted by Crippen LogP contribution is 2.36. The zero-order valence-corrected chi connectivity index (χ0v) is 15.7. The molecule has 0 atom stereocenters. The van der Waals surface area contributed by atoms with Crippen LogP contribution in [0, 0.1) is 17.0 Å². The average molecular weight is 356 g/mol. The molecule has 0 N–H and O–H groups in total. The summed E-state index contributed by atoms with van der Waals surface area (Å²) in [6.45, 7) is 8.69. The van der Waals surface area contributed by atoms with Crippen LogP contribution in [0.2, 0.25) is 12.6 Å². The first kappa shape index (κ1) is 18.9. The van der Waals surface area contributed by atoms with E-state index in [1.807, 2.05) is 27.7 Å². The Bertz CT molecular complexity index is 739. The molecule has 2 fully saturated rings. The molecule has 0 saturated carbocycles. The Morgan fingerprint density at radius 3 is 2.27 bits per heavy atom. The van der Waals surface area contributed by atoms with Crippen LogP contribution >= 0.6 is 0 Å². The number of benzene rings is 1. The van der Waals surface area contributed by atoms with Gasteiger partial charge in [-0.25, -0.2) is 9.65 Å². The van der Waals surface area contributed by atoms with Crippen molar-refractivity contribution in [2.75, 3.05) is 13.1 Å². The SMILES string of the molecule is CC1(C)OB(c2ccc(C(=O)N3CCB(C#N)CC3)c(F)c2)OC1(C)C. The lowest BCUT2D eigenvalue weighted by molar-refractivity contribution is 0.00578. The summed E-state index contributed by atoms with van der Waals surface area (Å²) in [6.07, 6.45) is 1.27. The van der Waals surface area contributed by atoms with Crippen molar-refractivity contribution in [3.63, 3.8) is 0 Å². The predicted octanol–water partition coefficient (Wildman–Crippen LogP) is 2.14. The Hall–Kier alpha value is -1.84. The number of rotatable bonds is 2. The van der Waals surface area contributed by atoms with E-state index in [2.05, 4.69) is 5.97 Å². The van der Waals surface area contributed by atoms with Crippen molar-refractivity contribution in [2.45, 2.75) is 51.5 Å². The van der Waals surface area contributed by atoms with Crippen molar-refractivity contribution in [1.29, 1.82) is 5.26 Å². The number of nitriles is 1. The molecule has 0 aliphatic carbocycles. The van der Waals surface area contributed by atoms with E-state index in [4.69, 9.17) is 14.6 Å². The second-order valence-electron chi connectivity index (χ2n) is 8.02. The maximum Gasteiger partial charge on any atom is 0.494 e. The number of halogens is 1. The number of hydrogen-bond acceptors (Lipinski definition) is 4. The predicted molar refractivity (Wildman–Crippen MR) is 99.0 cm³/mol. The average Bonchev–Trinajstić information content (AvgIpc) is 2.82. The molecule has 26 heavy (non-hydrogen) atoms. The molecule has 0 radical (unpaired) electrons. The van der Waals surface area contributed by atoms with E-state index in [1.54, 1.807) is 11.0 Å². The molecule has 1 amide bonds. The molecule has 3 rings (SSSR count). The van der Waals surface area contributed by atoms with Crippen molar-refractivity contribution in [3.8, 4) is 5.97 Å². The van der Waals surface area contributed by atoms with Crippen molar-refractivity contribution in [1.82, 2.24) is 4.90 Å². The van der Waals surface area contributed by atoms with Gasteiger partial charge in [0.15, 0.2) is 0 Å². The zero-order valence-electron chi connectivity index (χ0n) is 15.7. The highest BCUT2D eigenvalue weighted by atomic mass is 19.1. The van der Waals surface area contributed by atoms with Gasteiger partial charge >= 0.3 is 7.12 Å². The summed E-state index contributed by atoms with van der Waals surface area (Å²) in [6, 6.07) is 4.49. The van der Waals surface area contributed by atoms with Gasteiger partial charge in [-0.2, -0.15) is 0 Å². The third-order valence-electron chi connectivity index (χ3n) is 5.71. The van der Waals surface area contributed by atoms with Gasteiger partial charge in [0.25, 0.3) is 12.6 Å². The zero-order chi connectivity index (χ0) is 19.1. The second kappa shape index (κ2) is 6.71. The van der Waals surface area contributed by atoms with Crippen LogP contribution in [-0.2, 0) is 9.31 Å². The Balaban J connectivity index is 1.75. The van der Waals surface area contributed by atoms with Crippen LogP contribution in [0.3, 0.4) is 0 Å². The van der Waals surface area contributed by atoms with Gasteiger partial charge in [0.2, 0.25) is 0 Å². The molecule has 2 heterocycles. The highest BCUT2D eigenvalue weighted by Gasteiger charge is 2.51. The number of amides is 1. The first-order chi connectivity index (χ1) is 12.1. The molecule has 8 heteroatoms. The van der Waals surface area contributed by atoms with Crippen LogP contribution in [-0.4, -0.2) is 48.9 Å². The Kier molecular flexibility index (Phi) is 4.89. The summed E-state index contributed by atoms with van der Waals surface area (Å²) in [5.74, 6) is 1.31. The summed E-state index contributed by atoms with van der Waals surface area (Å²) >= 11 is 0. The first-order valence-electron chi connectivity index (χ1n) is 8.98. The molecule has 0 aromatic heterocycles. The van der Waals surface area contributed by atoms with E-state index in [0.717, 1.165) is 0 Å². The molecular formula is C18H23B2FN2O3. The number of hydrogen-bond donors (Lipinski definition) is 0. The van der Waals surface area contributed by atoms with Crippen LogP contribution in [0.1, 0.15) is 38.1 Å². The van der Waals surface area contributed by atoms with Crippen molar-refractivity contribution in [3.05, 3.63) is 29.6 Å². The molecule has 2 aliphatic heterocycles. The molecule has 0 bridgehead atoms. The minimum Gasteiger partial charge on any atom is -0.399 e. The van der Waals surface area contributed by atoms with Gasteiger partial charge in [-0.15, -0.1) is 0 Å². The smallest absolute Gasteiger partial charge is 0.399 e. The topological polar surface area (TPSA) is 62.6 Å². The first-order valence-corrected chi connectivity index (χ1v) is 8.98. The van der Waals surface area contributed by atoms with Crippen LogP contribution in [0.15, 0.2) is 18.2 Å². The maximum atomic E-state index is 14.6. The van der Waals surface area contributed by atoms with Crippen LogP contribution < -0.4 is 5.46 Å². The fourth-order valence-corrected chi connectivity index (χ4v) is 3.21. The second-order valence-corrected chi connectivity index (χ2v) is 8.02. The molecule has 2 aliphatic rings. The Morgan fingerprint density at radius 2 is 1.77 bits per heavy atom. The normalized spacial score (nSPS) is 21.6. The monoisotopic (exact) mass is 356 g/mol. The lowest BCUT2D eigenvalue weighted by Gasteiger charge is -2.32. The van der Waals surface area contributed by atoms with E-state index >= 15 is 0 Å². The van der Waals surface area contributed by atoms with E-state index in [9.17, 15) is 9.18 Å². The lowest BCUT2D eigenvalue weighted by atomic mass is 9.45. The highest BCUT2D eigenvalue weighted by molar-refractivity contribution is 6.67. The van der Waals surface area contributed by atoms with Gasteiger partial charge in [-0.05, 0) is 57.9 Å². The molecular weight excluding hydrogens is 333 g/mol. The van der Waals surface area contributed by atoms with Crippen molar-refractivity contribution < 1.29 is 18.5 Å². The van der Waals surface area contributed by atoms with Crippen molar-refractivity contribution in [2.24, 2.45) is 0 Å². The van der Waals surface area contributed by atoms with Gasteiger partial charge in [0.05, 0.1) is 16.8 Å². The van der Waals surface area contributed by atoms with E-state index < -0.39 is 24.1 Å². The van der Waals surface area contributed by atoms with Gasteiger partial charge < -0.3 is 14.2 Å². The molecule has 0 spiro atoms. The van der Waals surface area contributed by atoms with Gasteiger partial charge in [0.1, 0.15) is 5.82 Å². The van der Waals surface area contributed by atoms with Crippen LogP contribution in [0.25, 0.3) is 0 Å². The number of carbonyl (C=O) groups is 1. The molecule has 2 saturated heterocycles. The summed E-state index contributed by atoms with van der Waals surface area (Å²) in [5, 5.41) is 8.95. The minimum absolute atomic E-state index is 0.0188. The fraction of sp³-hybridized carbons (Fsp3) is 0.556. The maximum absolute atomic E-state index is 14.6. The molecule has 136 valence electrons. The Morgan fingerprint density at radius 1 is 1.19 bits per heavy atom. The van der Waals surface area contributed by atoms with Gasteiger partial charge in [0, 0.05) is 19.1 Å². The van der Waals surface area contributed by atoms with Crippen molar-refractivity contribution >= 4 is 25.2 Å². The third kappa shape index (κ3) is 3.38. The van der Waals surface area contributed by atoms with Crippen LogP contribution in [0.5, 0.6) is 0 Å². The van der Waals surface area contributed by atoms with Gasteiger partial charge in [-0.3, -0.25) is 4.79 Å². The van der Waals surface area contributed by atoms with E-state index in [0.29, 0.717) is 31.2 Å². The summed E-state index contributed by atoms with van der Waals surface area (Å²) < 4.78 is 26.5. The van der Waals surface area contributed by atoms with Crippen LogP contribution in [0.4, 0.5) is 4.39 Å². The summed E-state index contributed by atoms with van der Waals surface area (Å²) in [4.78, 5) is 14.2. The number of nitrogens with zero attached hydrogens (tertiary/aromatic N) is 2. The molecule has 1 aromatic carbocycles. The lowest BCUT2D eigenvalue weighted by Crippen LogP contribution is -2.41. The van der Waals surface area contributed by atoms with E-state index in [1.165, 1.54) is 12.1 Å². The third-order valence-corrected chi connectivity index (χ3v) is 5.71. The Labute approximate surface area is 154 Å². The number of carbonyl (C=O) groups excluding carboxylic acids is 1. The standard InChI is InChI=1S/C18H23B2FN2O3/c1-17(2)18(3,4)26-20(25-17)13-5-6-14(15(21)11-13)16(24)23-9-7-19(12-22)8-10-23/h5-6,11H,7-10H2,1-4H3.